The number of ether oxygens (including phenoxy) is 2. The van der Waals surface area contributed by atoms with Gasteiger partial charge in [0.05, 0.1) is 11.7 Å². The third-order valence-corrected chi connectivity index (χ3v) is 5.28. The van der Waals surface area contributed by atoms with E-state index in [1.165, 1.54) is 0 Å². The van der Waals surface area contributed by atoms with Crippen LogP contribution in [0.1, 0.15) is 41.4 Å². The molecule has 6 heteroatoms. The molecule has 1 aliphatic heterocycles. The number of nitrogens with zero attached hydrogens (tertiary/aromatic N) is 2. The van der Waals surface area contributed by atoms with Crippen molar-refractivity contribution in [3.63, 3.8) is 0 Å². The topological polar surface area (TPSA) is 65.4 Å². The number of amides is 1. The first-order valence-corrected chi connectivity index (χ1v) is 9.41. The molecule has 1 aromatic heterocycles. The summed E-state index contributed by atoms with van der Waals surface area (Å²) in [5, 5.41) is 7.55. The zero-order valence-electron chi connectivity index (χ0n) is 16.0. The van der Waals surface area contributed by atoms with Crippen molar-refractivity contribution in [2.75, 3.05) is 13.2 Å². The molecular weight excluding hydrogens is 342 g/mol. The minimum Gasteiger partial charge on any atom is -0.486 e. The normalized spacial score (nSPS) is 17.1. The minimum absolute atomic E-state index is 0.00549. The van der Waals surface area contributed by atoms with E-state index in [1.54, 1.807) is 6.08 Å². The number of rotatable bonds is 5. The van der Waals surface area contributed by atoms with Crippen LogP contribution in [-0.2, 0) is 11.8 Å². The maximum Gasteiger partial charge on any atom is 0.244 e. The molecule has 0 spiro atoms. The van der Waals surface area contributed by atoms with E-state index in [1.807, 2.05) is 49.9 Å². The van der Waals surface area contributed by atoms with Crippen LogP contribution in [0.5, 0.6) is 11.5 Å². The van der Waals surface area contributed by atoms with Gasteiger partial charge in [-0.1, -0.05) is 6.07 Å². The average Bonchev–Trinajstić information content (AvgIpc) is 3.47. The Kier molecular flexibility index (Phi) is 4.64. The summed E-state index contributed by atoms with van der Waals surface area (Å²) in [5.74, 6) is 1.92. The number of nitrogens with one attached hydrogen (secondary N) is 1. The summed E-state index contributed by atoms with van der Waals surface area (Å²) in [7, 11) is 1.91. The fourth-order valence-electron chi connectivity index (χ4n) is 3.55. The lowest BCUT2D eigenvalue weighted by Crippen LogP contribution is -2.28. The molecule has 1 aromatic carbocycles. The molecule has 142 valence electrons. The molecule has 6 nitrogen and oxygen atoms in total. The van der Waals surface area contributed by atoms with Crippen LogP contribution in [-0.4, -0.2) is 28.9 Å². The molecule has 2 heterocycles. The highest BCUT2D eigenvalue weighted by atomic mass is 16.6. The van der Waals surface area contributed by atoms with E-state index < -0.39 is 0 Å². The van der Waals surface area contributed by atoms with Crippen LogP contribution in [0.15, 0.2) is 24.3 Å². The second kappa shape index (κ2) is 7.10. The molecule has 0 bridgehead atoms. The number of hydrogen-bond donors (Lipinski definition) is 1. The Hall–Kier alpha value is -2.76. The van der Waals surface area contributed by atoms with E-state index in [4.69, 9.17) is 9.47 Å². The Morgan fingerprint density at radius 2 is 2.00 bits per heavy atom. The Labute approximate surface area is 159 Å². The van der Waals surface area contributed by atoms with Gasteiger partial charge in [0.1, 0.15) is 13.2 Å². The number of aromatic nitrogens is 2. The zero-order chi connectivity index (χ0) is 19.0. The first-order chi connectivity index (χ1) is 13.0. The van der Waals surface area contributed by atoms with E-state index in [2.05, 4.69) is 10.4 Å². The Bertz CT molecular complexity index is 896. The Morgan fingerprint density at radius 1 is 1.26 bits per heavy atom. The third-order valence-electron chi connectivity index (χ3n) is 5.28. The van der Waals surface area contributed by atoms with Gasteiger partial charge in [-0.3, -0.25) is 9.48 Å². The summed E-state index contributed by atoms with van der Waals surface area (Å²) >= 11 is 0. The monoisotopic (exact) mass is 367 g/mol. The molecular formula is C21H25N3O3. The van der Waals surface area contributed by atoms with Crippen LogP contribution in [0, 0.1) is 19.8 Å². The van der Waals surface area contributed by atoms with E-state index in [0.29, 0.717) is 19.1 Å². The van der Waals surface area contributed by atoms with Crippen LogP contribution in [0.4, 0.5) is 0 Å². The molecule has 4 rings (SSSR count). The quantitative estimate of drug-likeness (QED) is 0.825. The molecule has 2 aromatic rings. The fraction of sp³-hybridized carbons (Fsp3) is 0.429. The highest BCUT2D eigenvalue weighted by molar-refractivity contribution is 5.92. The van der Waals surface area contributed by atoms with Crippen LogP contribution in [0.25, 0.3) is 6.08 Å². The lowest BCUT2D eigenvalue weighted by atomic mass is 10.0. The number of fused-ring (bicyclic) bond motifs is 1. The summed E-state index contributed by atoms with van der Waals surface area (Å²) in [6, 6.07) is 5.95. The SMILES string of the molecule is Cc1nn(C)c(C)c1/C=C/C(=O)N[C@H](c1ccc2c(c1)OCCO2)C1CC1. The van der Waals surface area contributed by atoms with Gasteiger partial charge in [-0.05, 0) is 56.4 Å². The summed E-state index contributed by atoms with van der Waals surface area (Å²) in [5.41, 5.74) is 4.03. The number of carbonyl (C=O) groups is 1. The molecule has 1 atom stereocenters. The number of benzene rings is 1. The van der Waals surface area contributed by atoms with Crippen LogP contribution >= 0.6 is 0 Å². The first kappa shape index (κ1) is 17.6. The van der Waals surface area contributed by atoms with Crippen molar-refractivity contribution < 1.29 is 14.3 Å². The minimum atomic E-state index is -0.0931. The highest BCUT2D eigenvalue weighted by Gasteiger charge is 2.33. The second-order valence-corrected chi connectivity index (χ2v) is 7.27. The summed E-state index contributed by atoms with van der Waals surface area (Å²) in [4.78, 5) is 12.6. The number of aryl methyl sites for hydroxylation is 2. The van der Waals surface area contributed by atoms with Crippen LogP contribution in [0.2, 0.25) is 0 Å². The van der Waals surface area contributed by atoms with Crippen molar-refractivity contribution in [3.8, 4) is 11.5 Å². The van der Waals surface area contributed by atoms with Gasteiger partial charge in [-0.2, -0.15) is 5.10 Å². The van der Waals surface area contributed by atoms with E-state index in [9.17, 15) is 4.79 Å². The highest BCUT2D eigenvalue weighted by Crippen LogP contribution is 2.43. The maximum atomic E-state index is 12.6. The largest absolute Gasteiger partial charge is 0.486 e. The number of hydrogen-bond acceptors (Lipinski definition) is 4. The summed E-state index contributed by atoms with van der Waals surface area (Å²) in [6.45, 7) is 5.09. The van der Waals surface area contributed by atoms with Crippen LogP contribution in [0.3, 0.4) is 0 Å². The average molecular weight is 367 g/mol. The van der Waals surface area contributed by atoms with Crippen molar-refractivity contribution in [2.24, 2.45) is 13.0 Å². The van der Waals surface area contributed by atoms with E-state index in [-0.39, 0.29) is 11.9 Å². The van der Waals surface area contributed by atoms with Gasteiger partial charge in [0.25, 0.3) is 0 Å². The van der Waals surface area contributed by atoms with Gasteiger partial charge < -0.3 is 14.8 Å². The Balaban J connectivity index is 1.50. The molecule has 2 aliphatic rings. The summed E-state index contributed by atoms with van der Waals surface area (Å²) in [6.07, 6.45) is 5.71. The molecule has 1 amide bonds. The van der Waals surface area contributed by atoms with Gasteiger partial charge in [0, 0.05) is 24.4 Å². The predicted molar refractivity (Wildman–Crippen MR) is 103 cm³/mol. The zero-order valence-corrected chi connectivity index (χ0v) is 16.0. The summed E-state index contributed by atoms with van der Waals surface area (Å²) < 4.78 is 13.1. The first-order valence-electron chi connectivity index (χ1n) is 9.41. The lowest BCUT2D eigenvalue weighted by molar-refractivity contribution is -0.117. The predicted octanol–water partition coefficient (Wildman–Crippen LogP) is 3.09. The van der Waals surface area contributed by atoms with Crippen molar-refractivity contribution in [1.29, 1.82) is 0 Å². The van der Waals surface area contributed by atoms with Gasteiger partial charge in [-0.15, -0.1) is 0 Å². The van der Waals surface area contributed by atoms with Gasteiger partial charge >= 0.3 is 0 Å². The van der Waals surface area contributed by atoms with Crippen LogP contribution < -0.4 is 14.8 Å². The molecule has 1 fully saturated rings. The van der Waals surface area contributed by atoms with Crippen molar-refractivity contribution >= 4 is 12.0 Å². The van der Waals surface area contributed by atoms with E-state index in [0.717, 1.165) is 46.9 Å². The fourth-order valence-corrected chi connectivity index (χ4v) is 3.55. The van der Waals surface area contributed by atoms with Gasteiger partial charge in [-0.25, -0.2) is 0 Å². The molecule has 0 unspecified atom stereocenters. The van der Waals surface area contributed by atoms with Crippen molar-refractivity contribution in [2.45, 2.75) is 32.7 Å². The number of carbonyl (C=O) groups excluding carboxylic acids is 1. The van der Waals surface area contributed by atoms with E-state index >= 15 is 0 Å². The molecule has 27 heavy (non-hydrogen) atoms. The molecule has 1 N–H and O–H groups in total. The standard InChI is InChI=1S/C21H25N3O3/c1-13-17(14(2)24(3)23-13)7-9-20(25)22-21(15-4-5-15)16-6-8-18-19(12-16)27-11-10-26-18/h6-9,12,15,21H,4-5,10-11H2,1-3H3,(H,22,25)/b9-7+/t21-/m0/s1. The third kappa shape index (κ3) is 3.70. The van der Waals surface area contributed by atoms with Crippen molar-refractivity contribution in [1.82, 2.24) is 15.1 Å². The molecule has 0 radical (unpaired) electrons. The van der Waals surface area contributed by atoms with Crippen molar-refractivity contribution in [3.05, 3.63) is 46.8 Å². The maximum absolute atomic E-state index is 12.6. The second-order valence-electron chi connectivity index (χ2n) is 7.27. The molecule has 1 saturated carbocycles. The lowest BCUT2D eigenvalue weighted by Gasteiger charge is -2.22. The molecule has 0 saturated heterocycles. The Morgan fingerprint density at radius 3 is 2.67 bits per heavy atom. The van der Waals surface area contributed by atoms with Gasteiger partial charge in [0.15, 0.2) is 11.5 Å². The smallest absolute Gasteiger partial charge is 0.244 e. The molecule has 1 aliphatic carbocycles. The van der Waals surface area contributed by atoms with Gasteiger partial charge in [0.2, 0.25) is 5.91 Å².